The first-order valence-electron chi connectivity index (χ1n) is 15.4. The fourth-order valence-corrected chi connectivity index (χ4v) is 7.27. The maximum Gasteiger partial charge on any atom is 0.338 e. The second-order valence-corrected chi connectivity index (χ2v) is 13.3. The van der Waals surface area contributed by atoms with Gasteiger partial charge in [0.2, 0.25) is 11.1 Å². The van der Waals surface area contributed by atoms with Gasteiger partial charge in [0.05, 0.1) is 17.2 Å². The third kappa shape index (κ3) is 6.95. The number of allylic oxidation sites excluding steroid dienone is 1. The van der Waals surface area contributed by atoms with Gasteiger partial charge in [-0.05, 0) is 95.9 Å². The molecular weight excluding hydrogens is 671 g/mol. The molecule has 4 aromatic rings. The highest BCUT2D eigenvalue weighted by Crippen LogP contribution is 2.44. The van der Waals surface area contributed by atoms with E-state index < -0.39 is 12.0 Å². The van der Waals surface area contributed by atoms with E-state index in [1.807, 2.05) is 50.2 Å². The van der Waals surface area contributed by atoms with Crippen molar-refractivity contribution in [3.8, 4) is 11.5 Å². The SMILES string of the molecule is COc1cc(C2C(C(=O)OC3CCCCC3)=C(C)Nc3nc(SCc4ccccc4F)nn32)cc(Br)c1OCc1ccccc1C. The summed E-state index contributed by atoms with van der Waals surface area (Å²) in [7, 11) is 1.59. The number of aryl methyl sites for hydroxylation is 1. The third-order valence-electron chi connectivity index (χ3n) is 8.39. The summed E-state index contributed by atoms with van der Waals surface area (Å²) < 4.78 is 34.9. The topological polar surface area (TPSA) is 87.5 Å². The number of nitrogens with one attached hydrogen (secondary N) is 1. The number of fused-ring (bicyclic) bond motifs is 1. The molecule has 1 saturated carbocycles. The van der Waals surface area contributed by atoms with Crippen LogP contribution < -0.4 is 14.8 Å². The van der Waals surface area contributed by atoms with Gasteiger partial charge in [0, 0.05) is 11.4 Å². The molecule has 1 N–H and O–H groups in total. The van der Waals surface area contributed by atoms with Crippen molar-refractivity contribution in [1.82, 2.24) is 14.8 Å². The van der Waals surface area contributed by atoms with E-state index in [4.69, 9.17) is 24.3 Å². The highest BCUT2D eigenvalue weighted by Gasteiger charge is 2.37. The lowest BCUT2D eigenvalue weighted by atomic mass is 9.94. The zero-order valence-electron chi connectivity index (χ0n) is 26.0. The Balaban J connectivity index is 1.35. The summed E-state index contributed by atoms with van der Waals surface area (Å²) in [6.45, 7) is 4.26. The number of hydrogen-bond donors (Lipinski definition) is 1. The van der Waals surface area contributed by atoms with Gasteiger partial charge in [0.1, 0.15) is 24.6 Å². The Labute approximate surface area is 280 Å². The molecule has 0 saturated heterocycles. The molecule has 240 valence electrons. The van der Waals surface area contributed by atoms with Gasteiger partial charge in [-0.15, -0.1) is 5.10 Å². The van der Waals surface area contributed by atoms with Crippen LogP contribution >= 0.6 is 27.7 Å². The largest absolute Gasteiger partial charge is 0.493 e. The number of hydrogen-bond acceptors (Lipinski definition) is 8. The zero-order chi connectivity index (χ0) is 32.2. The number of anilines is 1. The predicted molar refractivity (Wildman–Crippen MR) is 180 cm³/mol. The normalized spacial score (nSPS) is 16.5. The van der Waals surface area contributed by atoms with Crippen molar-refractivity contribution in [3.05, 3.63) is 104 Å². The molecule has 8 nitrogen and oxygen atoms in total. The summed E-state index contributed by atoms with van der Waals surface area (Å²) in [5, 5.41) is 8.54. The second kappa shape index (κ2) is 14.3. The first kappa shape index (κ1) is 32.1. The molecule has 0 radical (unpaired) electrons. The summed E-state index contributed by atoms with van der Waals surface area (Å²) >= 11 is 5.04. The minimum absolute atomic E-state index is 0.121. The average molecular weight is 708 g/mol. The van der Waals surface area contributed by atoms with Crippen LogP contribution in [0.3, 0.4) is 0 Å². The number of benzene rings is 3. The number of halogens is 2. The highest BCUT2D eigenvalue weighted by atomic mass is 79.9. The standard InChI is InChI=1S/C35H36BrFN4O4S/c1-21-11-7-8-12-23(21)19-44-32-27(36)17-25(18-29(32)43-3)31-30(33(42)45-26-14-5-4-6-15-26)22(2)38-34-39-35(40-41(31)34)46-20-24-13-9-10-16-28(24)37/h7-13,16-18,26,31H,4-6,14-15,19-20H2,1-3H3,(H,38,39,40). The van der Waals surface area contributed by atoms with Gasteiger partial charge in [0.25, 0.3) is 0 Å². The lowest BCUT2D eigenvalue weighted by Crippen LogP contribution is -2.32. The van der Waals surface area contributed by atoms with E-state index in [1.165, 1.54) is 17.8 Å². The maximum atomic E-state index is 14.3. The van der Waals surface area contributed by atoms with Crippen molar-refractivity contribution in [2.45, 2.75) is 75.6 Å². The quantitative estimate of drug-likeness (QED) is 0.130. The third-order valence-corrected chi connectivity index (χ3v) is 9.87. The monoisotopic (exact) mass is 706 g/mol. The molecule has 11 heteroatoms. The minimum Gasteiger partial charge on any atom is -0.493 e. The summed E-state index contributed by atoms with van der Waals surface area (Å²) in [4.78, 5) is 18.6. The zero-order valence-corrected chi connectivity index (χ0v) is 28.4. The van der Waals surface area contributed by atoms with Gasteiger partial charge in [0.15, 0.2) is 11.5 Å². The molecule has 1 atom stereocenters. The predicted octanol–water partition coefficient (Wildman–Crippen LogP) is 8.53. The van der Waals surface area contributed by atoms with Crippen LogP contribution in [0, 0.1) is 12.7 Å². The average Bonchev–Trinajstić information content (AvgIpc) is 3.46. The van der Waals surface area contributed by atoms with Crippen LogP contribution in [-0.4, -0.2) is 33.9 Å². The second-order valence-electron chi connectivity index (χ2n) is 11.5. The van der Waals surface area contributed by atoms with Gasteiger partial charge in [-0.1, -0.05) is 60.6 Å². The molecule has 1 unspecified atom stereocenters. The smallest absolute Gasteiger partial charge is 0.338 e. The number of methoxy groups -OCH3 is 1. The Kier molecular flexibility index (Phi) is 9.98. The van der Waals surface area contributed by atoms with E-state index in [1.54, 1.807) is 30.0 Å². The van der Waals surface area contributed by atoms with Crippen molar-refractivity contribution in [2.75, 3.05) is 12.4 Å². The lowest BCUT2D eigenvalue weighted by Gasteiger charge is -2.30. The molecule has 0 spiro atoms. The van der Waals surface area contributed by atoms with Gasteiger partial charge in [-0.2, -0.15) is 4.98 Å². The number of carbonyl (C=O) groups excluding carboxylic acids is 1. The minimum atomic E-state index is -0.668. The number of esters is 1. The van der Waals surface area contributed by atoms with E-state index in [0.29, 0.717) is 56.3 Å². The van der Waals surface area contributed by atoms with Gasteiger partial charge in [-0.3, -0.25) is 0 Å². The van der Waals surface area contributed by atoms with Crippen LogP contribution in [-0.2, 0) is 21.9 Å². The first-order valence-corrected chi connectivity index (χ1v) is 17.2. The number of nitrogens with zero attached hydrogens (tertiary/aromatic N) is 3. The molecule has 1 fully saturated rings. The summed E-state index contributed by atoms with van der Waals surface area (Å²) in [5.74, 6) is 1.22. The fourth-order valence-electron chi connectivity index (χ4n) is 5.88. The summed E-state index contributed by atoms with van der Waals surface area (Å²) in [6, 6.07) is 17.8. The van der Waals surface area contributed by atoms with Gasteiger partial charge in [-0.25, -0.2) is 13.9 Å². The van der Waals surface area contributed by atoms with Crippen LogP contribution in [0.1, 0.15) is 67.3 Å². The molecule has 1 aliphatic heterocycles. The molecular formula is C35H36BrFN4O4S. The lowest BCUT2D eigenvalue weighted by molar-refractivity contribution is -0.146. The van der Waals surface area contributed by atoms with Crippen molar-refractivity contribution >= 4 is 39.6 Å². The summed E-state index contributed by atoms with van der Waals surface area (Å²) in [6.07, 6.45) is 4.83. The van der Waals surface area contributed by atoms with Crippen LogP contribution in [0.4, 0.5) is 10.3 Å². The fraction of sp³-hybridized carbons (Fsp3) is 0.343. The Hall–Kier alpha value is -3.83. The Morgan fingerprint density at radius 2 is 1.80 bits per heavy atom. The van der Waals surface area contributed by atoms with E-state index in [2.05, 4.69) is 21.2 Å². The number of thioether (sulfide) groups is 1. The molecule has 1 aliphatic carbocycles. The molecule has 2 heterocycles. The maximum absolute atomic E-state index is 14.3. The van der Waals surface area contributed by atoms with Crippen LogP contribution in [0.15, 0.2) is 81.6 Å². The molecule has 3 aromatic carbocycles. The van der Waals surface area contributed by atoms with Crippen LogP contribution in [0.25, 0.3) is 0 Å². The molecule has 0 bridgehead atoms. The van der Waals surface area contributed by atoms with Gasteiger partial charge < -0.3 is 19.5 Å². The Bertz CT molecular complexity index is 1770. The summed E-state index contributed by atoms with van der Waals surface area (Å²) in [5.41, 5.74) is 4.57. The molecule has 2 aliphatic rings. The van der Waals surface area contributed by atoms with E-state index in [9.17, 15) is 9.18 Å². The molecule has 46 heavy (non-hydrogen) atoms. The van der Waals surface area contributed by atoms with Crippen LogP contribution in [0.5, 0.6) is 11.5 Å². The van der Waals surface area contributed by atoms with Crippen molar-refractivity contribution in [1.29, 1.82) is 0 Å². The van der Waals surface area contributed by atoms with Crippen LogP contribution in [0.2, 0.25) is 0 Å². The number of aromatic nitrogens is 3. The number of ether oxygens (including phenoxy) is 3. The van der Waals surface area contributed by atoms with Crippen molar-refractivity contribution in [2.24, 2.45) is 0 Å². The van der Waals surface area contributed by atoms with Crippen molar-refractivity contribution < 1.29 is 23.4 Å². The Morgan fingerprint density at radius 1 is 1.07 bits per heavy atom. The van der Waals surface area contributed by atoms with E-state index in [-0.39, 0.29) is 11.9 Å². The molecule has 1 aromatic heterocycles. The van der Waals surface area contributed by atoms with E-state index in [0.717, 1.165) is 48.8 Å². The number of rotatable bonds is 10. The molecule has 6 rings (SSSR count). The van der Waals surface area contributed by atoms with Crippen molar-refractivity contribution in [3.63, 3.8) is 0 Å². The highest BCUT2D eigenvalue weighted by molar-refractivity contribution is 9.10. The Morgan fingerprint density at radius 3 is 2.54 bits per heavy atom. The van der Waals surface area contributed by atoms with E-state index >= 15 is 0 Å². The van der Waals surface area contributed by atoms with Gasteiger partial charge >= 0.3 is 5.97 Å². The molecule has 0 amide bonds. The first-order chi connectivity index (χ1) is 22.3. The number of carbonyl (C=O) groups is 1.